The Balaban J connectivity index is 1.35. The van der Waals surface area contributed by atoms with E-state index in [9.17, 15) is 4.79 Å². The number of halogens is 1. The maximum Gasteiger partial charge on any atom is 0.266 e. The number of aryl methyl sites for hydroxylation is 1. The van der Waals surface area contributed by atoms with Crippen molar-refractivity contribution in [2.45, 2.75) is 32.2 Å². The first-order valence-electron chi connectivity index (χ1n) is 10.5. The summed E-state index contributed by atoms with van der Waals surface area (Å²) in [6.45, 7) is 2.55. The van der Waals surface area contributed by atoms with Crippen LogP contribution in [0.3, 0.4) is 0 Å². The standard InChI is InChI=1S/C24H21ClN4O2S/c1-15-21(32-23(28-15)19-5-2-3-11-26-19)24(30)29-12-4-6-20(29)22-27-14-18(31-22)13-16-7-9-17(25)10-8-16/h2-3,5,7-11,14,20H,4,6,12-13H2,1H3. The minimum absolute atomic E-state index is 0.0258. The highest BCUT2D eigenvalue weighted by Gasteiger charge is 2.35. The van der Waals surface area contributed by atoms with Crippen LogP contribution in [0.4, 0.5) is 0 Å². The number of aromatic nitrogens is 3. The molecule has 0 saturated carbocycles. The third kappa shape index (κ3) is 4.18. The van der Waals surface area contributed by atoms with E-state index in [1.165, 1.54) is 11.3 Å². The molecule has 4 aromatic rings. The van der Waals surface area contributed by atoms with Gasteiger partial charge in [0.05, 0.1) is 17.6 Å². The highest BCUT2D eigenvalue weighted by molar-refractivity contribution is 7.17. The molecule has 32 heavy (non-hydrogen) atoms. The molecule has 0 bridgehead atoms. The summed E-state index contributed by atoms with van der Waals surface area (Å²) < 4.78 is 6.06. The fourth-order valence-corrected chi connectivity index (χ4v) is 5.08. The number of thiazole rings is 1. The minimum Gasteiger partial charge on any atom is -0.443 e. The van der Waals surface area contributed by atoms with E-state index >= 15 is 0 Å². The number of rotatable bonds is 5. The van der Waals surface area contributed by atoms with Crippen molar-refractivity contribution in [3.05, 3.63) is 87.7 Å². The maximum atomic E-state index is 13.4. The van der Waals surface area contributed by atoms with Gasteiger partial charge >= 0.3 is 0 Å². The Kier molecular flexibility index (Phi) is 5.76. The average Bonchev–Trinajstić information content (AvgIpc) is 3.55. The predicted molar refractivity (Wildman–Crippen MR) is 124 cm³/mol. The van der Waals surface area contributed by atoms with Crippen LogP contribution in [0.1, 0.15) is 51.5 Å². The number of amides is 1. The SMILES string of the molecule is Cc1nc(-c2ccccn2)sc1C(=O)N1CCCC1c1ncc(Cc2ccc(Cl)cc2)o1. The third-order valence-electron chi connectivity index (χ3n) is 5.54. The van der Waals surface area contributed by atoms with Crippen molar-refractivity contribution < 1.29 is 9.21 Å². The van der Waals surface area contributed by atoms with Gasteiger partial charge in [0.15, 0.2) is 0 Å². The van der Waals surface area contributed by atoms with Gasteiger partial charge in [0.25, 0.3) is 5.91 Å². The summed E-state index contributed by atoms with van der Waals surface area (Å²) in [5.41, 5.74) is 2.60. The van der Waals surface area contributed by atoms with E-state index in [-0.39, 0.29) is 11.9 Å². The van der Waals surface area contributed by atoms with E-state index in [1.54, 1.807) is 12.4 Å². The summed E-state index contributed by atoms with van der Waals surface area (Å²) in [6.07, 6.45) is 5.86. The summed E-state index contributed by atoms with van der Waals surface area (Å²) in [7, 11) is 0. The fraction of sp³-hybridized carbons (Fsp3) is 0.250. The number of likely N-dealkylation sites (tertiary alicyclic amines) is 1. The molecular formula is C24H21ClN4O2S. The summed E-state index contributed by atoms with van der Waals surface area (Å²) in [5, 5.41) is 1.46. The maximum absolute atomic E-state index is 13.4. The van der Waals surface area contributed by atoms with Crippen LogP contribution < -0.4 is 0 Å². The molecule has 1 fully saturated rings. The number of carbonyl (C=O) groups excluding carboxylic acids is 1. The Hall–Kier alpha value is -3.03. The smallest absolute Gasteiger partial charge is 0.266 e. The van der Waals surface area contributed by atoms with Crippen molar-refractivity contribution in [1.29, 1.82) is 0 Å². The number of pyridine rings is 1. The molecule has 162 valence electrons. The van der Waals surface area contributed by atoms with Crippen LogP contribution in [0.2, 0.25) is 5.02 Å². The van der Waals surface area contributed by atoms with Crippen molar-refractivity contribution >= 4 is 28.8 Å². The fourth-order valence-electron chi connectivity index (χ4n) is 3.95. The van der Waals surface area contributed by atoms with Crippen LogP contribution in [0.15, 0.2) is 59.3 Å². The summed E-state index contributed by atoms with van der Waals surface area (Å²) >= 11 is 7.35. The molecule has 5 rings (SSSR count). The molecule has 1 saturated heterocycles. The average molecular weight is 465 g/mol. The zero-order valence-corrected chi connectivity index (χ0v) is 19.1. The van der Waals surface area contributed by atoms with E-state index in [0.29, 0.717) is 28.8 Å². The molecule has 1 atom stereocenters. The van der Waals surface area contributed by atoms with Gasteiger partial charge in [-0.3, -0.25) is 9.78 Å². The molecular weight excluding hydrogens is 444 g/mol. The van der Waals surface area contributed by atoms with Crippen LogP contribution in [0.25, 0.3) is 10.7 Å². The Labute approximate surface area is 194 Å². The van der Waals surface area contributed by atoms with Gasteiger partial charge in [-0.25, -0.2) is 9.97 Å². The van der Waals surface area contributed by atoms with Crippen molar-refractivity contribution in [1.82, 2.24) is 19.9 Å². The largest absolute Gasteiger partial charge is 0.443 e. The molecule has 1 aliphatic heterocycles. The lowest BCUT2D eigenvalue weighted by Crippen LogP contribution is -2.30. The summed E-state index contributed by atoms with van der Waals surface area (Å²) in [6, 6.07) is 13.2. The van der Waals surface area contributed by atoms with Gasteiger partial charge in [0, 0.05) is 24.2 Å². The van der Waals surface area contributed by atoms with Crippen molar-refractivity contribution in [2.75, 3.05) is 6.54 Å². The molecule has 1 aromatic carbocycles. The summed E-state index contributed by atoms with van der Waals surface area (Å²) in [4.78, 5) is 29.4. The normalized spacial score (nSPS) is 15.9. The van der Waals surface area contributed by atoms with Crippen molar-refractivity contribution in [3.63, 3.8) is 0 Å². The van der Waals surface area contributed by atoms with E-state index in [2.05, 4.69) is 15.0 Å². The molecule has 8 heteroatoms. The van der Waals surface area contributed by atoms with E-state index < -0.39 is 0 Å². The number of benzene rings is 1. The lowest BCUT2D eigenvalue weighted by molar-refractivity contribution is 0.0718. The molecule has 0 spiro atoms. The van der Waals surface area contributed by atoms with Crippen molar-refractivity contribution in [2.24, 2.45) is 0 Å². The number of hydrogen-bond acceptors (Lipinski definition) is 6. The molecule has 3 aromatic heterocycles. The first-order chi connectivity index (χ1) is 15.6. The Morgan fingerprint density at radius 2 is 2.06 bits per heavy atom. The Bertz CT molecular complexity index is 1240. The van der Waals surface area contributed by atoms with Crippen molar-refractivity contribution in [3.8, 4) is 10.7 Å². The molecule has 1 amide bonds. The number of nitrogens with zero attached hydrogens (tertiary/aromatic N) is 4. The van der Waals surface area contributed by atoms with Crippen LogP contribution >= 0.6 is 22.9 Å². The molecule has 6 nitrogen and oxygen atoms in total. The van der Waals surface area contributed by atoms with E-state index in [0.717, 1.165) is 40.6 Å². The minimum atomic E-state index is -0.165. The number of carbonyl (C=O) groups is 1. The van der Waals surface area contributed by atoms with Gasteiger partial charge in [0.1, 0.15) is 21.7 Å². The van der Waals surface area contributed by atoms with Gasteiger partial charge in [-0.15, -0.1) is 11.3 Å². The van der Waals surface area contributed by atoms with Gasteiger partial charge < -0.3 is 9.32 Å². The second-order valence-corrected chi connectivity index (χ2v) is 9.21. The van der Waals surface area contributed by atoms with Gasteiger partial charge in [-0.05, 0) is 49.6 Å². The Morgan fingerprint density at radius 1 is 1.22 bits per heavy atom. The third-order valence-corrected chi connectivity index (χ3v) is 6.96. The summed E-state index contributed by atoms with van der Waals surface area (Å²) in [5.74, 6) is 1.34. The van der Waals surface area contributed by atoms with E-state index in [4.69, 9.17) is 16.0 Å². The van der Waals surface area contributed by atoms with E-state index in [1.807, 2.05) is 54.3 Å². The number of oxazole rings is 1. The second kappa shape index (κ2) is 8.84. The van der Waals surface area contributed by atoms with Gasteiger partial charge in [0.2, 0.25) is 5.89 Å². The quantitative estimate of drug-likeness (QED) is 0.377. The Morgan fingerprint density at radius 3 is 2.84 bits per heavy atom. The highest BCUT2D eigenvalue weighted by atomic mass is 35.5. The molecule has 0 radical (unpaired) electrons. The second-order valence-electron chi connectivity index (χ2n) is 7.77. The first kappa shape index (κ1) is 20.8. The predicted octanol–water partition coefficient (Wildman–Crippen LogP) is 5.72. The zero-order valence-electron chi connectivity index (χ0n) is 17.5. The monoisotopic (exact) mass is 464 g/mol. The zero-order chi connectivity index (χ0) is 22.1. The topological polar surface area (TPSA) is 72.1 Å². The molecule has 0 aliphatic carbocycles. The lowest BCUT2D eigenvalue weighted by Gasteiger charge is -2.21. The molecule has 0 N–H and O–H groups in total. The van der Waals surface area contributed by atoms with Crippen LogP contribution in [-0.2, 0) is 6.42 Å². The van der Waals surface area contributed by atoms with Gasteiger partial charge in [-0.1, -0.05) is 29.8 Å². The number of hydrogen-bond donors (Lipinski definition) is 0. The van der Waals surface area contributed by atoms with Crippen LogP contribution in [0.5, 0.6) is 0 Å². The lowest BCUT2D eigenvalue weighted by atomic mass is 10.1. The van der Waals surface area contributed by atoms with Crippen LogP contribution in [-0.4, -0.2) is 32.3 Å². The molecule has 1 aliphatic rings. The van der Waals surface area contributed by atoms with Gasteiger partial charge in [-0.2, -0.15) is 0 Å². The molecule has 4 heterocycles. The van der Waals surface area contributed by atoms with Crippen LogP contribution in [0, 0.1) is 6.92 Å². The highest BCUT2D eigenvalue weighted by Crippen LogP contribution is 2.35. The molecule has 1 unspecified atom stereocenters. The first-order valence-corrected chi connectivity index (χ1v) is 11.7.